The highest BCUT2D eigenvalue weighted by Gasteiger charge is 2.33. The lowest BCUT2D eigenvalue weighted by Gasteiger charge is -2.22. The van der Waals surface area contributed by atoms with Crippen molar-refractivity contribution in [2.24, 2.45) is 0 Å². The van der Waals surface area contributed by atoms with Gasteiger partial charge in [-0.15, -0.1) is 13.2 Å². The summed E-state index contributed by atoms with van der Waals surface area (Å²) in [7, 11) is 3.32. The van der Waals surface area contributed by atoms with Gasteiger partial charge < -0.3 is 23.6 Å². The molecule has 0 saturated heterocycles. The lowest BCUT2D eigenvalue weighted by atomic mass is 10.0. The van der Waals surface area contributed by atoms with E-state index in [1.807, 2.05) is 58.2 Å². The molecule has 10 heteroatoms. The minimum atomic E-state index is -4.85. The van der Waals surface area contributed by atoms with Crippen LogP contribution in [0.25, 0.3) is 11.3 Å². The molecule has 4 rings (SSSR count). The molecule has 0 spiro atoms. The predicted molar refractivity (Wildman–Crippen MR) is 148 cm³/mol. The van der Waals surface area contributed by atoms with Crippen molar-refractivity contribution in [3.05, 3.63) is 94.7 Å². The number of aryl methyl sites for hydroxylation is 1. The van der Waals surface area contributed by atoms with Gasteiger partial charge >= 0.3 is 12.3 Å². The first-order valence-electron chi connectivity index (χ1n) is 12.9. The number of anilines is 1. The molecular formula is C31H31F3N2O5. The van der Waals surface area contributed by atoms with Gasteiger partial charge in [0.25, 0.3) is 0 Å². The number of aromatic nitrogens is 1. The Hall–Kier alpha value is -4.47. The largest absolute Gasteiger partial charge is 0.573 e. The number of hydrogen-bond donors (Lipinski definition) is 0. The Balaban J connectivity index is 1.52. The maximum atomic E-state index is 13.0. The van der Waals surface area contributed by atoms with Crippen LogP contribution in [0.1, 0.15) is 52.6 Å². The molecule has 0 fully saturated rings. The lowest BCUT2D eigenvalue weighted by molar-refractivity contribution is -0.274. The smallest absolute Gasteiger partial charge is 0.489 e. The van der Waals surface area contributed by atoms with Crippen molar-refractivity contribution in [2.45, 2.75) is 46.2 Å². The van der Waals surface area contributed by atoms with Gasteiger partial charge in [-0.05, 0) is 60.5 Å². The van der Waals surface area contributed by atoms with Gasteiger partial charge in [-0.3, -0.25) is 0 Å². The predicted octanol–water partition coefficient (Wildman–Crippen LogP) is 7.67. The van der Waals surface area contributed by atoms with Crippen molar-refractivity contribution >= 4 is 11.7 Å². The molecule has 216 valence electrons. The molecule has 3 aromatic carbocycles. The molecule has 7 nitrogen and oxygen atoms in total. The number of nitrogens with zero attached hydrogens (tertiary/aromatic N) is 2. The first-order chi connectivity index (χ1) is 19.5. The van der Waals surface area contributed by atoms with Gasteiger partial charge in [0.05, 0.1) is 18.2 Å². The van der Waals surface area contributed by atoms with E-state index in [1.54, 1.807) is 18.2 Å². The molecule has 0 unspecified atom stereocenters. The van der Waals surface area contributed by atoms with Crippen molar-refractivity contribution in [3.8, 4) is 22.8 Å². The maximum absolute atomic E-state index is 13.0. The van der Waals surface area contributed by atoms with E-state index in [2.05, 4.69) is 14.8 Å². The molecule has 1 aromatic heterocycles. The van der Waals surface area contributed by atoms with Gasteiger partial charge in [0, 0.05) is 30.8 Å². The van der Waals surface area contributed by atoms with Crippen molar-refractivity contribution < 1.29 is 36.7 Å². The van der Waals surface area contributed by atoms with Crippen LogP contribution < -0.4 is 14.4 Å². The number of carbonyl (C=O) groups is 1. The van der Waals surface area contributed by atoms with Crippen LogP contribution in [0.3, 0.4) is 0 Å². The maximum Gasteiger partial charge on any atom is 0.573 e. The normalized spacial score (nSPS) is 11.4. The lowest BCUT2D eigenvalue weighted by Crippen LogP contribution is -2.17. The Kier molecular flexibility index (Phi) is 8.90. The molecular weight excluding hydrogens is 537 g/mol. The molecule has 0 amide bonds. The second-order valence-electron chi connectivity index (χ2n) is 9.85. The minimum Gasteiger partial charge on any atom is -0.489 e. The fraction of sp³-hybridized carbons (Fsp3) is 0.290. The summed E-state index contributed by atoms with van der Waals surface area (Å²) in [6.07, 6.45) is -4.85. The molecule has 0 atom stereocenters. The van der Waals surface area contributed by atoms with Crippen molar-refractivity contribution in [3.63, 3.8) is 0 Å². The number of hydrogen-bond acceptors (Lipinski definition) is 7. The molecule has 0 aliphatic heterocycles. The molecule has 41 heavy (non-hydrogen) atoms. The topological polar surface area (TPSA) is 74.0 Å². The number of halogens is 3. The van der Waals surface area contributed by atoms with Crippen LogP contribution in [-0.2, 0) is 17.9 Å². The Labute approximate surface area is 236 Å². The molecule has 0 bridgehead atoms. The van der Waals surface area contributed by atoms with Crippen LogP contribution in [-0.4, -0.2) is 31.6 Å². The monoisotopic (exact) mass is 568 g/mol. The molecule has 0 saturated carbocycles. The van der Waals surface area contributed by atoms with E-state index < -0.39 is 6.36 Å². The Bertz CT molecular complexity index is 1500. The zero-order chi connectivity index (χ0) is 29.7. The van der Waals surface area contributed by atoms with Crippen LogP contribution in [0.2, 0.25) is 0 Å². The van der Waals surface area contributed by atoms with E-state index in [0.29, 0.717) is 29.2 Å². The van der Waals surface area contributed by atoms with Crippen LogP contribution in [0, 0.1) is 6.92 Å². The Morgan fingerprint density at radius 3 is 2.39 bits per heavy atom. The highest BCUT2D eigenvalue weighted by molar-refractivity contribution is 5.89. The molecule has 0 N–H and O–H groups in total. The molecule has 4 aromatic rings. The van der Waals surface area contributed by atoms with Gasteiger partial charge in [-0.1, -0.05) is 43.3 Å². The van der Waals surface area contributed by atoms with E-state index in [0.717, 1.165) is 16.8 Å². The van der Waals surface area contributed by atoms with Gasteiger partial charge in [0.15, 0.2) is 0 Å². The van der Waals surface area contributed by atoms with Crippen molar-refractivity contribution in [1.29, 1.82) is 0 Å². The third kappa shape index (κ3) is 7.19. The summed E-state index contributed by atoms with van der Waals surface area (Å²) >= 11 is 0. The summed E-state index contributed by atoms with van der Waals surface area (Å²) in [6.45, 7) is 6.43. The number of esters is 1. The fourth-order valence-corrected chi connectivity index (χ4v) is 4.53. The van der Waals surface area contributed by atoms with Crippen LogP contribution in [0.15, 0.2) is 71.3 Å². The number of methoxy groups -OCH3 is 1. The zero-order valence-electron chi connectivity index (χ0n) is 23.4. The second kappa shape index (κ2) is 12.4. The van der Waals surface area contributed by atoms with Gasteiger partial charge in [-0.25, -0.2) is 4.79 Å². The Morgan fingerprint density at radius 1 is 1.05 bits per heavy atom. The summed E-state index contributed by atoms with van der Waals surface area (Å²) in [6, 6.07) is 18.7. The number of alkyl halides is 3. The summed E-state index contributed by atoms with van der Waals surface area (Å²) in [5, 5.41) is 4.09. The first-order valence-corrected chi connectivity index (χ1v) is 12.9. The van der Waals surface area contributed by atoms with E-state index in [-0.39, 0.29) is 35.5 Å². The Morgan fingerprint density at radius 2 is 1.76 bits per heavy atom. The quantitative estimate of drug-likeness (QED) is 0.182. The first kappa shape index (κ1) is 29.5. The number of para-hydroxylation sites is 1. The molecule has 0 aliphatic rings. The van der Waals surface area contributed by atoms with Crippen LogP contribution >= 0.6 is 0 Å². The molecule has 1 heterocycles. The van der Waals surface area contributed by atoms with Crippen LogP contribution in [0.4, 0.5) is 18.9 Å². The second-order valence-corrected chi connectivity index (χ2v) is 9.85. The highest BCUT2D eigenvalue weighted by atomic mass is 19.4. The minimum absolute atomic E-state index is 0.0356. The third-order valence-corrected chi connectivity index (χ3v) is 6.47. The van der Waals surface area contributed by atoms with Crippen molar-refractivity contribution in [1.82, 2.24) is 5.16 Å². The summed E-state index contributed by atoms with van der Waals surface area (Å²) in [5.41, 5.74) is 4.41. The number of benzene rings is 3. The van der Waals surface area contributed by atoms with Gasteiger partial charge in [-0.2, -0.15) is 0 Å². The van der Waals surface area contributed by atoms with E-state index in [4.69, 9.17) is 14.0 Å². The summed E-state index contributed by atoms with van der Waals surface area (Å²) in [4.78, 5) is 13.8. The summed E-state index contributed by atoms with van der Waals surface area (Å²) < 4.78 is 59.7. The third-order valence-electron chi connectivity index (χ3n) is 6.47. The van der Waals surface area contributed by atoms with E-state index in [9.17, 15) is 18.0 Å². The number of ether oxygens (including phenoxy) is 3. The number of rotatable bonds is 10. The highest BCUT2D eigenvalue weighted by Crippen LogP contribution is 2.38. The van der Waals surface area contributed by atoms with E-state index in [1.165, 1.54) is 25.3 Å². The van der Waals surface area contributed by atoms with E-state index >= 15 is 0 Å². The van der Waals surface area contributed by atoms with Gasteiger partial charge in [0.1, 0.15) is 29.6 Å². The fourth-order valence-electron chi connectivity index (χ4n) is 4.53. The number of carbonyl (C=O) groups excluding carboxylic acids is 1. The van der Waals surface area contributed by atoms with Crippen LogP contribution in [0.5, 0.6) is 11.5 Å². The standard InChI is InChI=1S/C31H31F3N2O5/c1-19(2)29-25(28(35-41-29)24-8-6-7-9-27(24)40-31(32,33)34)18-39-23-14-15-26(20(3)16-23)36(4)17-21-10-12-22(13-11-21)30(37)38-5/h6-16,19H,17-18H2,1-5H3. The SMILES string of the molecule is COC(=O)c1ccc(CN(C)c2ccc(OCc3c(-c4ccccc4OC(F)(F)F)noc3C(C)C)cc2C)cc1. The summed E-state index contributed by atoms with van der Waals surface area (Å²) in [5.74, 6) is 0.281. The van der Waals surface area contributed by atoms with Gasteiger partial charge in [0.2, 0.25) is 0 Å². The molecule has 0 radical (unpaired) electrons. The average Bonchev–Trinajstić information content (AvgIpc) is 3.35. The van der Waals surface area contributed by atoms with Crippen molar-refractivity contribution in [2.75, 3.05) is 19.1 Å². The molecule has 0 aliphatic carbocycles. The average molecular weight is 569 g/mol. The zero-order valence-corrected chi connectivity index (χ0v) is 23.4.